The number of pyridine rings is 1. The van der Waals surface area contributed by atoms with E-state index in [4.69, 9.17) is 4.74 Å². The molecule has 0 unspecified atom stereocenters. The van der Waals surface area contributed by atoms with Crippen molar-refractivity contribution in [3.8, 4) is 5.75 Å². The van der Waals surface area contributed by atoms with Crippen LogP contribution in [0.25, 0.3) is 0 Å². The molecule has 5 heteroatoms. The highest BCUT2D eigenvalue weighted by molar-refractivity contribution is 5.95. The molecule has 28 heavy (non-hydrogen) atoms. The van der Waals surface area contributed by atoms with E-state index in [0.29, 0.717) is 17.9 Å². The molecule has 0 fully saturated rings. The molecule has 1 aromatic heterocycles. The number of nitrogens with one attached hydrogen (secondary N) is 1. The molecular formula is C23H25N3O2. The van der Waals surface area contributed by atoms with Crippen LogP contribution >= 0.6 is 0 Å². The van der Waals surface area contributed by atoms with Gasteiger partial charge in [-0.05, 0) is 43.7 Å². The first-order chi connectivity index (χ1) is 13.6. The zero-order valence-corrected chi connectivity index (χ0v) is 16.4. The zero-order chi connectivity index (χ0) is 19.9. The lowest BCUT2D eigenvalue weighted by Gasteiger charge is -2.27. The Morgan fingerprint density at radius 1 is 1.07 bits per heavy atom. The van der Waals surface area contributed by atoms with Gasteiger partial charge in [0.1, 0.15) is 11.6 Å². The third-order valence-corrected chi connectivity index (χ3v) is 4.43. The van der Waals surface area contributed by atoms with Gasteiger partial charge in [0.15, 0.2) is 0 Å². The molecule has 0 bridgehead atoms. The summed E-state index contributed by atoms with van der Waals surface area (Å²) < 4.78 is 5.25. The highest BCUT2D eigenvalue weighted by Crippen LogP contribution is 2.21. The van der Waals surface area contributed by atoms with Gasteiger partial charge >= 0.3 is 0 Å². The normalized spacial score (nSPS) is 10.6. The maximum atomic E-state index is 13.1. The van der Waals surface area contributed by atoms with Crippen molar-refractivity contribution in [3.63, 3.8) is 0 Å². The number of benzene rings is 2. The number of hydrogen-bond acceptors (Lipinski definition) is 4. The molecule has 0 radical (unpaired) electrons. The van der Waals surface area contributed by atoms with E-state index in [9.17, 15) is 4.79 Å². The predicted molar refractivity (Wildman–Crippen MR) is 112 cm³/mol. The molecule has 3 rings (SSSR count). The van der Waals surface area contributed by atoms with Crippen LogP contribution in [0.3, 0.4) is 0 Å². The van der Waals surface area contributed by atoms with E-state index in [1.807, 2.05) is 73.3 Å². The van der Waals surface area contributed by atoms with Gasteiger partial charge in [0.2, 0.25) is 0 Å². The molecule has 3 aromatic rings. The molecule has 0 aliphatic rings. The van der Waals surface area contributed by atoms with Crippen molar-refractivity contribution in [1.82, 2.24) is 9.88 Å². The fraction of sp³-hybridized carbons (Fsp3) is 0.217. The van der Waals surface area contributed by atoms with Crippen LogP contribution < -0.4 is 10.1 Å². The number of anilines is 2. The summed E-state index contributed by atoms with van der Waals surface area (Å²) in [6.07, 6.45) is 1.65. The van der Waals surface area contributed by atoms with E-state index in [0.717, 1.165) is 17.0 Å². The molecule has 0 saturated heterocycles. The SMILES string of the molecule is COc1cccc(Nc2cc(C(=O)N(Cc3ccccc3)C(C)C)ccn2)c1. The average molecular weight is 375 g/mol. The second-order valence-electron chi connectivity index (χ2n) is 6.80. The van der Waals surface area contributed by atoms with Crippen molar-refractivity contribution in [3.05, 3.63) is 84.1 Å². The smallest absolute Gasteiger partial charge is 0.254 e. The lowest BCUT2D eigenvalue weighted by Crippen LogP contribution is -2.36. The number of rotatable bonds is 7. The zero-order valence-electron chi connectivity index (χ0n) is 16.4. The number of ether oxygens (including phenoxy) is 1. The van der Waals surface area contributed by atoms with Gasteiger partial charge in [-0.3, -0.25) is 4.79 Å². The minimum atomic E-state index is -0.0186. The third kappa shape index (κ3) is 4.88. The van der Waals surface area contributed by atoms with Crippen LogP contribution in [-0.4, -0.2) is 28.9 Å². The van der Waals surface area contributed by atoms with E-state index in [-0.39, 0.29) is 11.9 Å². The van der Waals surface area contributed by atoms with Gasteiger partial charge in [-0.1, -0.05) is 36.4 Å². The molecule has 0 saturated carbocycles. The monoisotopic (exact) mass is 375 g/mol. The van der Waals surface area contributed by atoms with Crippen LogP contribution in [-0.2, 0) is 6.54 Å². The number of hydrogen-bond donors (Lipinski definition) is 1. The summed E-state index contributed by atoms with van der Waals surface area (Å²) in [6.45, 7) is 4.62. The van der Waals surface area contributed by atoms with Crippen LogP contribution in [0.1, 0.15) is 29.8 Å². The van der Waals surface area contributed by atoms with Crippen LogP contribution in [0.2, 0.25) is 0 Å². The second kappa shape index (κ2) is 9.04. The molecule has 1 heterocycles. The second-order valence-corrected chi connectivity index (χ2v) is 6.80. The highest BCUT2D eigenvalue weighted by atomic mass is 16.5. The van der Waals surface area contributed by atoms with Gasteiger partial charge in [-0.15, -0.1) is 0 Å². The summed E-state index contributed by atoms with van der Waals surface area (Å²) in [7, 11) is 1.63. The van der Waals surface area contributed by atoms with E-state index in [2.05, 4.69) is 10.3 Å². The summed E-state index contributed by atoms with van der Waals surface area (Å²) in [5.41, 5.74) is 2.56. The van der Waals surface area contributed by atoms with Crippen LogP contribution in [0.4, 0.5) is 11.5 Å². The number of amides is 1. The Morgan fingerprint density at radius 2 is 1.86 bits per heavy atom. The molecule has 5 nitrogen and oxygen atoms in total. The van der Waals surface area contributed by atoms with Crippen molar-refractivity contribution in [2.45, 2.75) is 26.4 Å². The molecule has 1 amide bonds. The molecular weight excluding hydrogens is 350 g/mol. The number of carbonyl (C=O) groups is 1. The van der Waals surface area contributed by atoms with Crippen LogP contribution in [0.15, 0.2) is 72.9 Å². The Labute approximate surface area is 166 Å². The largest absolute Gasteiger partial charge is 0.497 e. The van der Waals surface area contributed by atoms with Gasteiger partial charge in [0, 0.05) is 36.1 Å². The number of nitrogens with zero attached hydrogens (tertiary/aromatic N) is 2. The molecule has 0 aliphatic carbocycles. The summed E-state index contributed by atoms with van der Waals surface area (Å²) in [5, 5.41) is 3.23. The Hall–Kier alpha value is -3.34. The molecule has 0 aliphatic heterocycles. The number of carbonyl (C=O) groups excluding carboxylic acids is 1. The first-order valence-corrected chi connectivity index (χ1v) is 9.29. The van der Waals surface area contributed by atoms with Crippen molar-refractivity contribution < 1.29 is 9.53 Å². The van der Waals surface area contributed by atoms with E-state index < -0.39 is 0 Å². The third-order valence-electron chi connectivity index (χ3n) is 4.43. The molecule has 0 atom stereocenters. The molecule has 0 spiro atoms. The van der Waals surface area contributed by atoms with E-state index >= 15 is 0 Å². The van der Waals surface area contributed by atoms with E-state index in [1.54, 1.807) is 25.4 Å². The van der Waals surface area contributed by atoms with Crippen molar-refractivity contribution >= 4 is 17.4 Å². The lowest BCUT2D eigenvalue weighted by molar-refractivity contribution is 0.0690. The first kappa shape index (κ1) is 19.4. The summed E-state index contributed by atoms with van der Waals surface area (Å²) in [5.74, 6) is 1.35. The minimum absolute atomic E-state index is 0.0186. The first-order valence-electron chi connectivity index (χ1n) is 9.29. The Morgan fingerprint density at radius 3 is 2.57 bits per heavy atom. The number of methoxy groups -OCH3 is 1. The standard InChI is InChI=1S/C23H25N3O2/c1-17(2)26(16-18-8-5-4-6-9-18)23(27)19-12-13-24-22(14-19)25-20-10-7-11-21(15-20)28-3/h4-15,17H,16H2,1-3H3,(H,24,25). The lowest BCUT2D eigenvalue weighted by atomic mass is 10.1. The Kier molecular flexibility index (Phi) is 6.27. The predicted octanol–water partition coefficient (Wildman–Crippen LogP) is 4.88. The molecule has 144 valence electrons. The maximum absolute atomic E-state index is 13.1. The van der Waals surface area contributed by atoms with Crippen LogP contribution in [0.5, 0.6) is 5.75 Å². The van der Waals surface area contributed by atoms with Crippen LogP contribution in [0, 0.1) is 0 Å². The van der Waals surface area contributed by atoms with Crippen molar-refractivity contribution in [2.75, 3.05) is 12.4 Å². The van der Waals surface area contributed by atoms with Crippen molar-refractivity contribution in [1.29, 1.82) is 0 Å². The summed E-state index contributed by atoms with van der Waals surface area (Å²) >= 11 is 0. The fourth-order valence-electron chi connectivity index (χ4n) is 2.92. The van der Waals surface area contributed by atoms with Gasteiger partial charge in [-0.2, -0.15) is 0 Å². The van der Waals surface area contributed by atoms with Gasteiger partial charge < -0.3 is 15.0 Å². The summed E-state index contributed by atoms with van der Waals surface area (Å²) in [6, 6.07) is 21.2. The number of aromatic nitrogens is 1. The van der Waals surface area contributed by atoms with Gasteiger partial charge in [0.05, 0.1) is 7.11 Å². The molecule has 2 aromatic carbocycles. The maximum Gasteiger partial charge on any atom is 0.254 e. The van der Waals surface area contributed by atoms with Gasteiger partial charge in [-0.25, -0.2) is 4.98 Å². The van der Waals surface area contributed by atoms with E-state index in [1.165, 1.54) is 0 Å². The minimum Gasteiger partial charge on any atom is -0.497 e. The quantitative estimate of drug-likeness (QED) is 0.639. The Bertz CT molecular complexity index is 926. The molecule has 1 N–H and O–H groups in total. The Balaban J connectivity index is 1.79. The fourth-order valence-corrected chi connectivity index (χ4v) is 2.92. The summed E-state index contributed by atoms with van der Waals surface area (Å²) in [4.78, 5) is 19.3. The van der Waals surface area contributed by atoms with Gasteiger partial charge in [0.25, 0.3) is 5.91 Å². The topological polar surface area (TPSA) is 54.5 Å². The van der Waals surface area contributed by atoms with Crippen molar-refractivity contribution in [2.24, 2.45) is 0 Å². The average Bonchev–Trinajstić information content (AvgIpc) is 2.72. The highest BCUT2D eigenvalue weighted by Gasteiger charge is 2.19.